The largest absolute Gasteiger partial charge is 0.508 e. The molecule has 0 amide bonds. The van der Waals surface area contributed by atoms with E-state index in [0.29, 0.717) is 29.7 Å². The van der Waals surface area contributed by atoms with E-state index in [-0.39, 0.29) is 7.43 Å². The molecule has 0 saturated carbocycles. The molecular weight excluding hydrogens is 346 g/mol. The summed E-state index contributed by atoms with van der Waals surface area (Å²) in [5, 5.41) is 11.0. The number of benzene rings is 1. The van der Waals surface area contributed by atoms with Crippen LogP contribution in [0.3, 0.4) is 0 Å². The molecule has 1 N–H and O–H groups in total. The first kappa shape index (κ1) is 24.6. The normalized spacial score (nSPS) is 27.9. The summed E-state index contributed by atoms with van der Waals surface area (Å²) < 4.78 is 6.32. The van der Waals surface area contributed by atoms with Crippen molar-refractivity contribution in [3.8, 4) is 5.75 Å². The van der Waals surface area contributed by atoms with Crippen LogP contribution in [0.4, 0.5) is 0 Å². The second kappa shape index (κ2) is 10.9. The maximum absolute atomic E-state index is 9.92. The van der Waals surface area contributed by atoms with Crippen molar-refractivity contribution in [2.45, 2.75) is 99.6 Å². The van der Waals surface area contributed by atoms with E-state index in [9.17, 15) is 5.11 Å². The predicted octanol–water partition coefficient (Wildman–Crippen LogP) is 7.37. The molecule has 2 aromatic rings. The number of nitrogens with zero attached hydrogens (tertiary/aromatic N) is 1. The zero-order chi connectivity index (χ0) is 20.1. The minimum absolute atomic E-state index is 0. The van der Waals surface area contributed by atoms with Crippen molar-refractivity contribution in [3.63, 3.8) is 0 Å². The highest BCUT2D eigenvalue weighted by Gasteiger charge is 2.42. The van der Waals surface area contributed by atoms with Gasteiger partial charge in [-0.25, -0.2) is 0 Å². The molecule has 1 aromatic heterocycles. The zero-order valence-corrected chi connectivity index (χ0v) is 18.4. The molecule has 3 heterocycles. The lowest BCUT2D eigenvalue weighted by Crippen LogP contribution is -2.49. The molecule has 4 rings (SSSR count). The van der Waals surface area contributed by atoms with E-state index in [1.165, 1.54) is 37.1 Å². The molecule has 28 heavy (non-hydrogen) atoms. The lowest BCUT2D eigenvalue weighted by molar-refractivity contribution is 0.0583. The summed E-state index contributed by atoms with van der Waals surface area (Å²) >= 11 is 0. The van der Waals surface area contributed by atoms with E-state index in [1.54, 1.807) is 6.07 Å². The number of furan rings is 1. The Bertz CT molecular complexity index is 721. The number of piperidine rings is 1. The van der Waals surface area contributed by atoms with Crippen molar-refractivity contribution in [1.29, 1.82) is 0 Å². The van der Waals surface area contributed by atoms with Gasteiger partial charge in [-0.15, -0.1) is 0 Å². The molecular formula is C25H43NO2. The van der Waals surface area contributed by atoms with Crippen LogP contribution in [0.5, 0.6) is 5.75 Å². The van der Waals surface area contributed by atoms with Crippen LogP contribution in [0.2, 0.25) is 0 Å². The maximum Gasteiger partial charge on any atom is 0.134 e. The third kappa shape index (κ3) is 4.56. The molecule has 3 heteroatoms. The minimum Gasteiger partial charge on any atom is -0.508 e. The number of rotatable bonds is 2. The van der Waals surface area contributed by atoms with Crippen LogP contribution in [0, 0.1) is 5.92 Å². The van der Waals surface area contributed by atoms with Crippen LogP contribution >= 0.6 is 0 Å². The predicted molar refractivity (Wildman–Crippen MR) is 122 cm³/mol. The number of hydrogen-bond acceptors (Lipinski definition) is 3. The Kier molecular flexibility index (Phi) is 9.56. The Morgan fingerprint density at radius 3 is 2.46 bits per heavy atom. The van der Waals surface area contributed by atoms with Gasteiger partial charge in [0, 0.05) is 35.5 Å². The van der Waals surface area contributed by atoms with E-state index in [1.807, 2.05) is 39.8 Å². The number of hydrogen-bond donors (Lipinski definition) is 1. The summed E-state index contributed by atoms with van der Waals surface area (Å²) in [5.74, 6) is 2.71. The molecule has 5 atom stereocenters. The Morgan fingerprint density at radius 1 is 1.14 bits per heavy atom. The molecule has 3 nitrogen and oxygen atoms in total. The fourth-order valence-electron chi connectivity index (χ4n) is 4.89. The molecule has 2 bridgehead atoms. The SMILES string of the molecule is C.CC.CC.CCCC1Cc2c(oc3ccc(O)cc23)C2CC(C)CN1C2C. The number of aromatic hydroxyl groups is 1. The second-order valence-corrected chi connectivity index (χ2v) is 7.66. The van der Waals surface area contributed by atoms with Gasteiger partial charge in [0.05, 0.1) is 0 Å². The molecule has 1 fully saturated rings. The Labute approximate surface area is 173 Å². The summed E-state index contributed by atoms with van der Waals surface area (Å²) in [6.07, 6.45) is 4.69. The third-order valence-corrected chi connectivity index (χ3v) is 5.96. The van der Waals surface area contributed by atoms with Crippen LogP contribution in [-0.4, -0.2) is 28.6 Å². The molecule has 0 radical (unpaired) electrons. The summed E-state index contributed by atoms with van der Waals surface area (Å²) in [6, 6.07) is 6.67. The highest BCUT2D eigenvalue weighted by atomic mass is 16.3. The average Bonchev–Trinajstić information content (AvgIpc) is 3.01. The summed E-state index contributed by atoms with van der Waals surface area (Å²) in [6.45, 7) is 16.2. The van der Waals surface area contributed by atoms with Crippen molar-refractivity contribution in [1.82, 2.24) is 4.90 Å². The molecule has 5 unspecified atom stereocenters. The topological polar surface area (TPSA) is 36.6 Å². The van der Waals surface area contributed by atoms with Crippen molar-refractivity contribution in [2.75, 3.05) is 6.54 Å². The smallest absolute Gasteiger partial charge is 0.134 e. The fraction of sp³-hybridized carbons (Fsp3) is 0.680. The van der Waals surface area contributed by atoms with Gasteiger partial charge in [-0.1, -0.05) is 55.4 Å². The van der Waals surface area contributed by atoms with Crippen LogP contribution < -0.4 is 0 Å². The van der Waals surface area contributed by atoms with Crippen LogP contribution in [0.25, 0.3) is 11.0 Å². The average molecular weight is 390 g/mol. The van der Waals surface area contributed by atoms with Gasteiger partial charge in [-0.05, 0) is 50.3 Å². The molecule has 2 aliphatic rings. The summed E-state index contributed by atoms with van der Waals surface area (Å²) in [4.78, 5) is 2.73. The monoisotopic (exact) mass is 389 g/mol. The van der Waals surface area contributed by atoms with Crippen molar-refractivity contribution >= 4 is 11.0 Å². The van der Waals surface area contributed by atoms with Crippen LogP contribution in [-0.2, 0) is 6.42 Å². The minimum atomic E-state index is 0. The quantitative estimate of drug-likeness (QED) is 0.582. The first-order valence-corrected chi connectivity index (χ1v) is 11.1. The van der Waals surface area contributed by atoms with E-state index < -0.39 is 0 Å². The van der Waals surface area contributed by atoms with Gasteiger partial charge in [0.1, 0.15) is 17.1 Å². The highest BCUT2D eigenvalue weighted by Crippen LogP contribution is 2.45. The molecule has 1 saturated heterocycles. The number of phenolic OH excluding ortho intramolecular Hbond substituents is 1. The van der Waals surface area contributed by atoms with E-state index in [0.717, 1.165) is 17.4 Å². The van der Waals surface area contributed by atoms with E-state index in [4.69, 9.17) is 4.42 Å². The Morgan fingerprint density at radius 2 is 1.82 bits per heavy atom. The molecule has 2 aliphatic heterocycles. The number of phenols is 1. The van der Waals surface area contributed by atoms with Gasteiger partial charge in [0.15, 0.2) is 0 Å². The fourth-order valence-corrected chi connectivity index (χ4v) is 4.89. The molecule has 0 spiro atoms. The van der Waals surface area contributed by atoms with Gasteiger partial charge in [-0.2, -0.15) is 0 Å². The molecule has 1 aromatic carbocycles. The lowest BCUT2D eigenvalue weighted by Gasteiger charge is -2.44. The van der Waals surface area contributed by atoms with E-state index in [2.05, 4.69) is 25.7 Å². The number of fused-ring (bicyclic) bond motifs is 6. The standard InChI is InChI=1S/C20H27NO2.2C2H6.CH4/c1-4-5-14-9-18-17-10-15(22)6-7-19(17)23-20(18)16-8-12(2)11-21(14)13(16)3;2*1-2;/h6-7,10,12-14,16,22H,4-5,8-9,11H2,1-3H3;2*1-2H3;1H4. The van der Waals surface area contributed by atoms with Crippen molar-refractivity contribution in [2.24, 2.45) is 5.92 Å². The van der Waals surface area contributed by atoms with Crippen LogP contribution in [0.15, 0.2) is 22.6 Å². The highest BCUT2D eigenvalue weighted by molar-refractivity contribution is 5.84. The van der Waals surface area contributed by atoms with Gasteiger partial charge in [0.25, 0.3) is 0 Å². The molecule has 160 valence electrons. The van der Waals surface area contributed by atoms with Crippen LogP contribution in [0.1, 0.15) is 92.4 Å². The van der Waals surface area contributed by atoms with Gasteiger partial charge in [0.2, 0.25) is 0 Å². The maximum atomic E-state index is 9.92. The lowest BCUT2D eigenvalue weighted by atomic mass is 9.83. The third-order valence-electron chi connectivity index (χ3n) is 5.96. The summed E-state index contributed by atoms with van der Waals surface area (Å²) in [7, 11) is 0. The molecule has 0 aliphatic carbocycles. The van der Waals surface area contributed by atoms with Crippen molar-refractivity contribution < 1.29 is 9.52 Å². The zero-order valence-electron chi connectivity index (χ0n) is 18.4. The van der Waals surface area contributed by atoms with E-state index >= 15 is 0 Å². The first-order chi connectivity index (χ1) is 13.1. The Hall–Kier alpha value is -1.48. The second-order valence-electron chi connectivity index (χ2n) is 7.66. The van der Waals surface area contributed by atoms with Gasteiger partial charge >= 0.3 is 0 Å². The van der Waals surface area contributed by atoms with Gasteiger partial charge in [-0.3, -0.25) is 4.90 Å². The first-order valence-electron chi connectivity index (χ1n) is 11.1. The summed E-state index contributed by atoms with van der Waals surface area (Å²) in [5.41, 5.74) is 2.28. The van der Waals surface area contributed by atoms with Gasteiger partial charge < -0.3 is 9.52 Å². The van der Waals surface area contributed by atoms with Crippen molar-refractivity contribution in [3.05, 3.63) is 29.5 Å². The Balaban J connectivity index is 0.000000739.